The lowest BCUT2D eigenvalue weighted by atomic mass is 10.1. The van der Waals surface area contributed by atoms with E-state index in [9.17, 15) is 14.4 Å². The Labute approximate surface area is 131 Å². The molecule has 4 N–H and O–H groups in total. The second kappa shape index (κ2) is 13.1. The van der Waals surface area contributed by atoms with Crippen LogP contribution in [0.3, 0.4) is 0 Å². The highest BCUT2D eigenvalue weighted by atomic mass is 16.5. The molecule has 7 nitrogen and oxygen atoms in total. The van der Waals surface area contributed by atoms with E-state index in [1.54, 1.807) is 0 Å². The lowest BCUT2D eigenvalue weighted by molar-refractivity contribution is -0.137. The summed E-state index contributed by atoms with van der Waals surface area (Å²) >= 11 is 0. The molecule has 0 bridgehead atoms. The summed E-state index contributed by atoms with van der Waals surface area (Å²) < 4.78 is 0. The first-order valence-corrected chi connectivity index (χ1v) is 7.93. The van der Waals surface area contributed by atoms with Gasteiger partial charge in [-0.2, -0.15) is 0 Å². The lowest BCUT2D eigenvalue weighted by Crippen LogP contribution is -2.24. The van der Waals surface area contributed by atoms with Gasteiger partial charge in [-0.1, -0.05) is 32.6 Å². The van der Waals surface area contributed by atoms with Gasteiger partial charge in [0.25, 0.3) is 0 Å². The van der Waals surface area contributed by atoms with Crippen LogP contribution >= 0.6 is 0 Å². The zero-order chi connectivity index (χ0) is 16.8. The second-order valence-electron chi connectivity index (χ2n) is 5.43. The first kappa shape index (κ1) is 20.4. The maximum absolute atomic E-state index is 10.8. The molecule has 1 heterocycles. The number of carboxylic acid groups (broad SMARTS) is 1. The summed E-state index contributed by atoms with van der Waals surface area (Å²) in [6, 6.07) is 0.495. The molecular formula is C15H28N2O5. The topological polar surface area (TPSA) is 116 Å². The molecule has 2 amide bonds. The molecule has 0 spiro atoms. The van der Waals surface area contributed by atoms with Crippen LogP contribution in [0.4, 0.5) is 0 Å². The van der Waals surface area contributed by atoms with Gasteiger partial charge in [0.15, 0.2) is 0 Å². The minimum atomic E-state index is -0.939. The Morgan fingerprint density at radius 1 is 1.23 bits per heavy atom. The molecule has 0 aromatic heterocycles. The molecule has 128 valence electrons. The number of nitrogens with one attached hydrogen (secondary N) is 2. The number of carbonyl (C=O) groups is 3. The maximum atomic E-state index is 10.8. The highest BCUT2D eigenvalue weighted by Crippen LogP contribution is 2.14. The SMILES string of the molecule is CCCCCCC1CCC(=O)N1.O=C(O)CCCC(=O)NO. The number of aliphatic carboxylic acids is 1. The van der Waals surface area contributed by atoms with Gasteiger partial charge in [-0.25, -0.2) is 5.48 Å². The van der Waals surface area contributed by atoms with Crippen LogP contribution in [0.2, 0.25) is 0 Å². The summed E-state index contributed by atoms with van der Waals surface area (Å²) in [5.41, 5.74) is 1.41. The van der Waals surface area contributed by atoms with E-state index in [4.69, 9.17) is 10.3 Å². The van der Waals surface area contributed by atoms with Crippen LogP contribution < -0.4 is 10.8 Å². The Bertz CT molecular complexity index is 347. The van der Waals surface area contributed by atoms with Crippen molar-refractivity contribution in [2.24, 2.45) is 0 Å². The molecule has 7 heteroatoms. The third kappa shape index (κ3) is 12.1. The van der Waals surface area contributed by atoms with Crippen molar-refractivity contribution in [3.8, 4) is 0 Å². The van der Waals surface area contributed by atoms with Crippen molar-refractivity contribution in [1.82, 2.24) is 10.8 Å². The van der Waals surface area contributed by atoms with Gasteiger partial charge in [0.2, 0.25) is 11.8 Å². The maximum Gasteiger partial charge on any atom is 0.303 e. The Hall–Kier alpha value is -1.63. The van der Waals surface area contributed by atoms with Crippen molar-refractivity contribution in [3.63, 3.8) is 0 Å². The standard InChI is InChI=1S/C10H19NO.C5H9NO4/c1-2-3-4-5-6-9-7-8-10(12)11-9;7-4(6-10)2-1-3-5(8)9/h9H,2-8H2,1H3,(H,11,12);10H,1-3H2,(H,6,7)(H,8,9). The Kier molecular flexibility index (Phi) is 12.1. The summed E-state index contributed by atoms with van der Waals surface area (Å²) in [6.45, 7) is 2.22. The van der Waals surface area contributed by atoms with Crippen molar-refractivity contribution in [1.29, 1.82) is 0 Å². The zero-order valence-electron chi connectivity index (χ0n) is 13.3. The molecule has 1 aliphatic rings. The van der Waals surface area contributed by atoms with Crippen LogP contribution in [0.1, 0.15) is 71.1 Å². The molecule has 22 heavy (non-hydrogen) atoms. The van der Waals surface area contributed by atoms with Gasteiger partial charge in [0.1, 0.15) is 0 Å². The van der Waals surface area contributed by atoms with Crippen LogP contribution in [0.5, 0.6) is 0 Å². The molecule has 0 aromatic rings. The smallest absolute Gasteiger partial charge is 0.303 e. The number of rotatable bonds is 9. The molecule has 1 aliphatic heterocycles. The van der Waals surface area contributed by atoms with E-state index in [0.717, 1.165) is 12.8 Å². The average molecular weight is 316 g/mol. The lowest BCUT2D eigenvalue weighted by Gasteiger charge is -2.08. The van der Waals surface area contributed by atoms with Gasteiger partial charge >= 0.3 is 5.97 Å². The zero-order valence-corrected chi connectivity index (χ0v) is 13.3. The summed E-state index contributed by atoms with van der Waals surface area (Å²) in [4.78, 5) is 30.9. The number of hydrogen-bond donors (Lipinski definition) is 4. The Morgan fingerprint density at radius 3 is 2.45 bits per heavy atom. The van der Waals surface area contributed by atoms with Gasteiger partial charge in [0.05, 0.1) is 0 Å². The number of hydrogen-bond acceptors (Lipinski definition) is 4. The van der Waals surface area contributed by atoms with Crippen LogP contribution in [0.15, 0.2) is 0 Å². The molecule has 0 aromatic carbocycles. The third-order valence-electron chi connectivity index (χ3n) is 3.41. The summed E-state index contributed by atoms with van der Waals surface area (Å²) in [7, 11) is 0. The molecule has 1 atom stereocenters. The van der Waals surface area contributed by atoms with E-state index in [-0.39, 0.29) is 25.2 Å². The van der Waals surface area contributed by atoms with E-state index in [2.05, 4.69) is 12.2 Å². The van der Waals surface area contributed by atoms with E-state index in [1.165, 1.54) is 37.6 Å². The molecule has 1 unspecified atom stereocenters. The van der Waals surface area contributed by atoms with Gasteiger partial charge in [-0.15, -0.1) is 0 Å². The number of amides is 2. The van der Waals surface area contributed by atoms with Crippen LogP contribution in [0, 0.1) is 0 Å². The van der Waals surface area contributed by atoms with Gasteiger partial charge in [-0.05, 0) is 19.3 Å². The molecule has 1 fully saturated rings. The molecule has 0 aliphatic carbocycles. The predicted molar refractivity (Wildman–Crippen MR) is 81.3 cm³/mol. The van der Waals surface area contributed by atoms with Crippen molar-refractivity contribution in [3.05, 3.63) is 0 Å². The van der Waals surface area contributed by atoms with Gasteiger partial charge < -0.3 is 10.4 Å². The van der Waals surface area contributed by atoms with Crippen molar-refractivity contribution in [2.75, 3.05) is 0 Å². The monoisotopic (exact) mass is 316 g/mol. The first-order valence-electron chi connectivity index (χ1n) is 7.93. The highest BCUT2D eigenvalue weighted by Gasteiger charge is 2.19. The number of unbranched alkanes of at least 4 members (excludes halogenated alkanes) is 3. The fourth-order valence-electron chi connectivity index (χ4n) is 2.17. The quantitative estimate of drug-likeness (QED) is 0.295. The van der Waals surface area contributed by atoms with Crippen LogP contribution in [-0.4, -0.2) is 34.1 Å². The largest absolute Gasteiger partial charge is 0.481 e. The minimum absolute atomic E-state index is 0.0444. The minimum Gasteiger partial charge on any atom is -0.481 e. The Balaban J connectivity index is 0.000000409. The van der Waals surface area contributed by atoms with Gasteiger partial charge in [0, 0.05) is 25.3 Å². The number of hydroxylamine groups is 1. The van der Waals surface area contributed by atoms with E-state index >= 15 is 0 Å². The number of carboxylic acids is 1. The fourth-order valence-corrected chi connectivity index (χ4v) is 2.17. The molecule has 0 saturated carbocycles. The second-order valence-corrected chi connectivity index (χ2v) is 5.43. The van der Waals surface area contributed by atoms with Crippen molar-refractivity contribution < 1.29 is 24.7 Å². The first-order chi connectivity index (χ1) is 10.5. The summed E-state index contributed by atoms with van der Waals surface area (Å²) in [6.07, 6.45) is 8.46. The van der Waals surface area contributed by atoms with Crippen LogP contribution in [0.25, 0.3) is 0 Å². The molecule has 0 radical (unpaired) electrons. The van der Waals surface area contributed by atoms with E-state index in [0.29, 0.717) is 6.04 Å². The Morgan fingerprint density at radius 2 is 1.95 bits per heavy atom. The normalized spacial score (nSPS) is 16.5. The summed E-state index contributed by atoms with van der Waals surface area (Å²) in [5, 5.41) is 19.0. The van der Waals surface area contributed by atoms with Gasteiger partial charge in [-0.3, -0.25) is 19.6 Å². The number of carbonyl (C=O) groups excluding carboxylic acids is 2. The third-order valence-corrected chi connectivity index (χ3v) is 3.41. The molecule has 1 saturated heterocycles. The van der Waals surface area contributed by atoms with Crippen molar-refractivity contribution in [2.45, 2.75) is 77.2 Å². The summed E-state index contributed by atoms with van der Waals surface area (Å²) in [5.74, 6) is -1.25. The average Bonchev–Trinajstić information content (AvgIpc) is 2.89. The van der Waals surface area contributed by atoms with E-state index < -0.39 is 11.9 Å². The van der Waals surface area contributed by atoms with Crippen molar-refractivity contribution >= 4 is 17.8 Å². The molecular weight excluding hydrogens is 288 g/mol. The molecule has 1 rings (SSSR count). The predicted octanol–water partition coefficient (Wildman–Crippen LogP) is 1.98. The highest BCUT2D eigenvalue weighted by molar-refractivity contribution is 5.78. The fraction of sp³-hybridized carbons (Fsp3) is 0.800. The van der Waals surface area contributed by atoms with E-state index in [1.807, 2.05) is 0 Å². The van der Waals surface area contributed by atoms with Crippen LogP contribution in [-0.2, 0) is 14.4 Å².